The molecule has 0 radical (unpaired) electrons. The number of amides is 1. The fourth-order valence-electron chi connectivity index (χ4n) is 5.94. The molecule has 210 valence electrons. The number of nitrogens with one attached hydrogen (secondary N) is 3. The highest BCUT2D eigenvalue weighted by molar-refractivity contribution is 5.79. The van der Waals surface area contributed by atoms with Crippen molar-refractivity contribution >= 4 is 5.91 Å². The van der Waals surface area contributed by atoms with Gasteiger partial charge in [-0.1, -0.05) is 20.8 Å². The summed E-state index contributed by atoms with van der Waals surface area (Å²) in [6.45, 7) is 5.83. The van der Waals surface area contributed by atoms with Gasteiger partial charge in [0.05, 0.1) is 24.3 Å². The predicted octanol–water partition coefficient (Wildman–Crippen LogP) is 3.77. The summed E-state index contributed by atoms with van der Waals surface area (Å²) in [5, 5.41) is 7.23. The number of primary amides is 1. The Morgan fingerprint density at radius 1 is 1.00 bits per heavy atom. The minimum absolute atomic E-state index is 0.0281. The van der Waals surface area contributed by atoms with E-state index >= 15 is 4.39 Å². The van der Waals surface area contributed by atoms with Crippen molar-refractivity contribution in [1.29, 1.82) is 0 Å². The number of carbonyl (C=O) groups excluding carboxylic acids is 1. The quantitative estimate of drug-likeness (QED) is 0.391. The number of alkyl halides is 7. The second kappa shape index (κ2) is 10.9. The number of likely N-dealkylation sites (tertiary alicyclic amines) is 1. The smallest absolute Gasteiger partial charge is 0.368 e. The zero-order valence-corrected chi connectivity index (χ0v) is 20.9. The zero-order chi connectivity index (χ0) is 27.1. The Morgan fingerprint density at radius 2 is 1.61 bits per heavy atom. The fraction of sp³-hybridized carbons (Fsp3) is 0.957. The third kappa shape index (κ3) is 7.22. The molecule has 5 N–H and O–H groups in total. The maximum atomic E-state index is 15.8. The van der Waals surface area contributed by atoms with Crippen molar-refractivity contribution < 1.29 is 35.5 Å². The molecule has 36 heavy (non-hydrogen) atoms. The maximum absolute atomic E-state index is 15.8. The summed E-state index contributed by atoms with van der Waals surface area (Å²) in [5.41, 5.74) is 5.07. The molecular weight excluding hydrogens is 495 g/mol. The lowest BCUT2D eigenvalue weighted by Gasteiger charge is -2.48. The van der Waals surface area contributed by atoms with Gasteiger partial charge in [-0.15, -0.1) is 0 Å². The summed E-state index contributed by atoms with van der Waals surface area (Å²) >= 11 is 0. The minimum Gasteiger partial charge on any atom is -0.368 e. The monoisotopic (exact) mass is 533 g/mol. The zero-order valence-electron chi connectivity index (χ0n) is 20.9. The first-order valence-corrected chi connectivity index (χ1v) is 12.6. The van der Waals surface area contributed by atoms with Crippen LogP contribution in [0, 0.1) is 17.3 Å². The van der Waals surface area contributed by atoms with Crippen molar-refractivity contribution in [2.45, 2.75) is 115 Å². The van der Waals surface area contributed by atoms with Crippen molar-refractivity contribution in [3.05, 3.63) is 0 Å². The van der Waals surface area contributed by atoms with E-state index in [9.17, 15) is 31.1 Å². The van der Waals surface area contributed by atoms with Crippen LogP contribution >= 0.6 is 0 Å². The summed E-state index contributed by atoms with van der Waals surface area (Å²) < 4.78 is 96.5. The number of carbonyl (C=O) groups is 1. The van der Waals surface area contributed by atoms with Crippen LogP contribution in [-0.4, -0.2) is 66.5 Å². The summed E-state index contributed by atoms with van der Waals surface area (Å²) in [6.07, 6.45) is -14.0. The van der Waals surface area contributed by atoms with Gasteiger partial charge in [-0.05, 0) is 56.3 Å². The molecular formula is C23H38F7N5O. The predicted molar refractivity (Wildman–Crippen MR) is 120 cm³/mol. The number of rotatable bonds is 6. The first kappa shape index (κ1) is 29.4. The van der Waals surface area contributed by atoms with Crippen LogP contribution in [0.4, 0.5) is 30.7 Å². The Labute approximate surface area is 207 Å². The Balaban J connectivity index is 1.78. The molecule has 2 aliphatic heterocycles. The van der Waals surface area contributed by atoms with E-state index in [0.29, 0.717) is 32.2 Å². The highest BCUT2D eigenvalue weighted by Crippen LogP contribution is 2.43. The Kier molecular flexibility index (Phi) is 8.89. The van der Waals surface area contributed by atoms with Crippen molar-refractivity contribution in [2.24, 2.45) is 23.0 Å². The first-order valence-electron chi connectivity index (χ1n) is 12.6. The molecule has 3 fully saturated rings. The maximum Gasteiger partial charge on any atom is 0.417 e. The molecule has 0 spiro atoms. The Hall–Kier alpha value is -1.18. The average molecular weight is 534 g/mol. The second-order valence-electron chi connectivity index (χ2n) is 11.7. The second-order valence-corrected chi connectivity index (χ2v) is 11.7. The minimum atomic E-state index is -4.75. The van der Waals surface area contributed by atoms with Crippen LogP contribution in [0.15, 0.2) is 0 Å². The summed E-state index contributed by atoms with van der Waals surface area (Å²) in [4.78, 5) is 13.7. The summed E-state index contributed by atoms with van der Waals surface area (Å²) in [5.74, 6) is -2.31. The third-order valence-electron chi connectivity index (χ3n) is 7.65. The molecule has 0 aromatic rings. The summed E-state index contributed by atoms with van der Waals surface area (Å²) in [6, 6.07) is -1.37. The van der Waals surface area contributed by atoms with E-state index < -0.39 is 60.3 Å². The molecule has 3 aliphatic rings. The highest BCUT2D eigenvalue weighted by atomic mass is 19.4. The van der Waals surface area contributed by atoms with E-state index in [1.165, 1.54) is 0 Å². The lowest BCUT2D eigenvalue weighted by molar-refractivity contribution is -0.189. The van der Waals surface area contributed by atoms with Gasteiger partial charge in [0, 0.05) is 12.6 Å². The molecule has 0 aromatic heterocycles. The lowest BCUT2D eigenvalue weighted by atomic mass is 9.77. The van der Waals surface area contributed by atoms with Gasteiger partial charge in [0.25, 0.3) is 0 Å². The van der Waals surface area contributed by atoms with E-state index in [-0.39, 0.29) is 31.2 Å². The molecule has 13 heteroatoms. The molecule has 1 aliphatic carbocycles. The Bertz CT molecular complexity index is 749. The molecule has 6 nitrogen and oxygen atoms in total. The van der Waals surface area contributed by atoms with Crippen LogP contribution in [0.25, 0.3) is 0 Å². The van der Waals surface area contributed by atoms with E-state index in [4.69, 9.17) is 5.73 Å². The first-order chi connectivity index (χ1) is 16.5. The standard InChI is InChI=1S/C23H38F7N5O/c1-21(2,3)11-14(17(31)36)32-18-16(24)19(34-20(33-18)23(28,29)30)35-10-4-5-15(35)12-6-8-13(9-7-12)22(25,26)27/h12-16,18-20,32-34H,4-11H2,1-3H3,(H2,31,36)/t12?,13?,14-,15?,16?,18?,19?,20?/m1/s1. The molecule has 1 saturated carbocycles. The Morgan fingerprint density at radius 3 is 2.11 bits per heavy atom. The van der Waals surface area contributed by atoms with Crippen molar-refractivity contribution in [1.82, 2.24) is 20.9 Å². The van der Waals surface area contributed by atoms with E-state index in [1.807, 2.05) is 20.8 Å². The van der Waals surface area contributed by atoms with Gasteiger partial charge in [0.2, 0.25) is 5.91 Å². The average Bonchev–Trinajstić information content (AvgIpc) is 3.22. The molecule has 3 rings (SSSR count). The van der Waals surface area contributed by atoms with Crippen molar-refractivity contribution in [3.63, 3.8) is 0 Å². The van der Waals surface area contributed by atoms with Gasteiger partial charge < -0.3 is 5.73 Å². The van der Waals surface area contributed by atoms with E-state index in [2.05, 4.69) is 16.0 Å². The largest absolute Gasteiger partial charge is 0.417 e. The normalized spacial score (nSPS) is 36.1. The number of halogens is 7. The number of hydrogen-bond donors (Lipinski definition) is 4. The van der Waals surface area contributed by atoms with Gasteiger partial charge in [-0.3, -0.25) is 25.6 Å². The van der Waals surface area contributed by atoms with Gasteiger partial charge in [0.15, 0.2) is 12.3 Å². The van der Waals surface area contributed by atoms with Crippen LogP contribution in [0.1, 0.15) is 65.7 Å². The highest BCUT2D eigenvalue weighted by Gasteiger charge is 2.53. The molecule has 5 unspecified atom stereocenters. The van der Waals surface area contributed by atoms with Crippen LogP contribution in [-0.2, 0) is 4.79 Å². The van der Waals surface area contributed by atoms with Crippen LogP contribution in [0.5, 0.6) is 0 Å². The van der Waals surface area contributed by atoms with E-state index in [1.54, 1.807) is 4.90 Å². The molecule has 6 atom stereocenters. The van der Waals surface area contributed by atoms with E-state index in [0.717, 1.165) is 0 Å². The van der Waals surface area contributed by atoms with Crippen molar-refractivity contribution in [3.8, 4) is 0 Å². The van der Waals surface area contributed by atoms with Gasteiger partial charge in [-0.2, -0.15) is 26.3 Å². The SMILES string of the molecule is CC(C)(C)C[C@@H](NC1NC(C(F)(F)F)NC(N2CCCC2C2CCC(C(F)(F)F)CC2)C1F)C(N)=O. The third-order valence-corrected chi connectivity index (χ3v) is 7.65. The molecule has 2 saturated heterocycles. The van der Waals surface area contributed by atoms with Crippen LogP contribution in [0.2, 0.25) is 0 Å². The molecule has 1 amide bonds. The topological polar surface area (TPSA) is 82.4 Å². The molecule has 0 bridgehead atoms. The number of nitrogens with zero attached hydrogens (tertiary/aromatic N) is 1. The van der Waals surface area contributed by atoms with Gasteiger partial charge >= 0.3 is 12.4 Å². The number of nitrogens with two attached hydrogens (primary N) is 1. The van der Waals surface area contributed by atoms with Gasteiger partial charge in [-0.25, -0.2) is 4.39 Å². The molecule has 2 heterocycles. The number of hydrogen-bond acceptors (Lipinski definition) is 5. The lowest BCUT2D eigenvalue weighted by Crippen LogP contribution is -2.76. The van der Waals surface area contributed by atoms with Gasteiger partial charge in [0.1, 0.15) is 0 Å². The van der Waals surface area contributed by atoms with Crippen LogP contribution in [0.3, 0.4) is 0 Å². The fourth-order valence-corrected chi connectivity index (χ4v) is 5.94. The van der Waals surface area contributed by atoms with Crippen molar-refractivity contribution in [2.75, 3.05) is 6.54 Å². The van der Waals surface area contributed by atoms with Crippen LogP contribution < -0.4 is 21.7 Å². The molecule has 0 aromatic carbocycles. The summed E-state index contributed by atoms with van der Waals surface area (Å²) in [7, 11) is 0.